The van der Waals surface area contributed by atoms with E-state index in [0.717, 1.165) is 21.4 Å². The molecule has 0 aliphatic carbocycles. The van der Waals surface area contributed by atoms with Gasteiger partial charge in [-0.15, -0.1) is 0 Å². The molecule has 20 heavy (non-hydrogen) atoms. The molecule has 0 aliphatic rings. The Bertz CT molecular complexity index is 630. The van der Waals surface area contributed by atoms with Crippen LogP contribution in [0.15, 0.2) is 34.8 Å². The Morgan fingerprint density at radius 2 is 1.70 bits per heavy atom. The van der Waals surface area contributed by atoms with Crippen molar-refractivity contribution in [3.8, 4) is 11.5 Å². The predicted octanol–water partition coefficient (Wildman–Crippen LogP) is 4.10. The van der Waals surface area contributed by atoms with Crippen LogP contribution in [0.3, 0.4) is 0 Å². The van der Waals surface area contributed by atoms with Gasteiger partial charge in [-0.2, -0.15) is 0 Å². The summed E-state index contributed by atoms with van der Waals surface area (Å²) in [6.45, 7) is 2.03. The Hall–Kier alpha value is -1.88. The van der Waals surface area contributed by atoms with E-state index in [4.69, 9.17) is 15.2 Å². The summed E-state index contributed by atoms with van der Waals surface area (Å²) < 4.78 is 11.6. The van der Waals surface area contributed by atoms with Crippen molar-refractivity contribution < 1.29 is 9.47 Å². The Kier molecular flexibility index (Phi) is 4.39. The molecule has 0 aromatic heterocycles. The van der Waals surface area contributed by atoms with Crippen LogP contribution in [0.25, 0.3) is 0 Å². The van der Waals surface area contributed by atoms with Crippen molar-refractivity contribution in [1.29, 1.82) is 0 Å². The quantitative estimate of drug-likeness (QED) is 0.825. The third-order valence-electron chi connectivity index (χ3n) is 2.99. The first-order valence-electron chi connectivity index (χ1n) is 6.10. The van der Waals surface area contributed by atoms with Crippen molar-refractivity contribution in [2.24, 2.45) is 0 Å². The van der Waals surface area contributed by atoms with Crippen LogP contribution in [0.4, 0.5) is 17.1 Å². The topological polar surface area (TPSA) is 56.5 Å². The highest BCUT2D eigenvalue weighted by molar-refractivity contribution is 9.10. The van der Waals surface area contributed by atoms with Crippen LogP contribution in [0.2, 0.25) is 0 Å². The molecular weight excluding hydrogens is 320 g/mol. The number of rotatable bonds is 4. The lowest BCUT2D eigenvalue weighted by Gasteiger charge is -2.14. The van der Waals surface area contributed by atoms with Gasteiger partial charge < -0.3 is 20.5 Å². The minimum absolute atomic E-state index is 0.600. The second-order valence-electron chi connectivity index (χ2n) is 4.38. The molecule has 0 heterocycles. The van der Waals surface area contributed by atoms with Gasteiger partial charge in [0.2, 0.25) is 0 Å². The Morgan fingerprint density at radius 3 is 2.30 bits per heavy atom. The first kappa shape index (κ1) is 14.5. The van der Waals surface area contributed by atoms with E-state index in [1.54, 1.807) is 20.3 Å². The second-order valence-corrected chi connectivity index (χ2v) is 5.24. The summed E-state index contributed by atoms with van der Waals surface area (Å²) >= 11 is 3.48. The zero-order valence-corrected chi connectivity index (χ0v) is 13.2. The fourth-order valence-corrected chi connectivity index (χ4v) is 2.13. The molecule has 0 amide bonds. The first-order valence-corrected chi connectivity index (χ1v) is 6.89. The van der Waals surface area contributed by atoms with E-state index < -0.39 is 0 Å². The maximum Gasteiger partial charge on any atom is 0.162 e. The third-order valence-corrected chi connectivity index (χ3v) is 3.88. The summed E-state index contributed by atoms with van der Waals surface area (Å²) in [7, 11) is 3.18. The molecule has 0 aliphatic heterocycles. The van der Waals surface area contributed by atoms with E-state index in [1.165, 1.54) is 0 Å². The minimum atomic E-state index is 0.600. The summed E-state index contributed by atoms with van der Waals surface area (Å²) in [5, 5.41) is 3.28. The highest BCUT2D eigenvalue weighted by Gasteiger charge is 2.09. The summed E-state index contributed by atoms with van der Waals surface area (Å²) in [4.78, 5) is 0. The molecule has 5 heteroatoms. The van der Waals surface area contributed by atoms with Crippen LogP contribution in [0, 0.1) is 6.92 Å². The maximum atomic E-state index is 6.03. The molecule has 0 bridgehead atoms. The summed E-state index contributed by atoms with van der Waals surface area (Å²) in [6, 6.07) is 9.58. The molecule has 3 N–H and O–H groups in total. The normalized spacial score (nSPS) is 10.2. The zero-order valence-electron chi connectivity index (χ0n) is 11.7. The lowest BCUT2D eigenvalue weighted by Crippen LogP contribution is -1.99. The number of hydrogen-bond acceptors (Lipinski definition) is 4. The highest BCUT2D eigenvalue weighted by atomic mass is 79.9. The van der Waals surface area contributed by atoms with Crippen LogP contribution in [0.5, 0.6) is 11.5 Å². The SMILES string of the molecule is COc1cc(N)c(Nc2ccc(Br)c(C)c2)cc1OC. The number of hydrogen-bond donors (Lipinski definition) is 2. The lowest BCUT2D eigenvalue weighted by molar-refractivity contribution is 0.355. The summed E-state index contributed by atoms with van der Waals surface area (Å²) in [5.74, 6) is 1.25. The number of methoxy groups -OCH3 is 2. The molecule has 0 saturated carbocycles. The van der Waals surface area contributed by atoms with Gasteiger partial charge in [0.15, 0.2) is 11.5 Å². The van der Waals surface area contributed by atoms with Gasteiger partial charge in [-0.25, -0.2) is 0 Å². The first-order chi connectivity index (χ1) is 9.55. The van der Waals surface area contributed by atoms with E-state index in [0.29, 0.717) is 17.2 Å². The van der Waals surface area contributed by atoms with Crippen molar-refractivity contribution in [2.75, 3.05) is 25.3 Å². The number of aryl methyl sites for hydroxylation is 1. The molecule has 0 spiro atoms. The molecular formula is C15H17BrN2O2. The van der Waals surface area contributed by atoms with Crippen LogP contribution in [0.1, 0.15) is 5.56 Å². The number of nitrogen functional groups attached to an aromatic ring is 1. The van der Waals surface area contributed by atoms with Gasteiger partial charge >= 0.3 is 0 Å². The van der Waals surface area contributed by atoms with Gasteiger partial charge in [-0.1, -0.05) is 15.9 Å². The number of ether oxygens (including phenoxy) is 2. The van der Waals surface area contributed by atoms with E-state index >= 15 is 0 Å². The standard InChI is InChI=1S/C15H17BrN2O2/c1-9-6-10(4-5-11(9)16)18-13-8-15(20-3)14(19-2)7-12(13)17/h4-8,18H,17H2,1-3H3. The minimum Gasteiger partial charge on any atom is -0.493 e. The lowest BCUT2D eigenvalue weighted by atomic mass is 10.2. The van der Waals surface area contributed by atoms with E-state index in [1.807, 2.05) is 31.2 Å². The Labute approximate surface area is 127 Å². The average Bonchev–Trinajstić information content (AvgIpc) is 2.44. The van der Waals surface area contributed by atoms with Crippen molar-refractivity contribution in [3.63, 3.8) is 0 Å². The van der Waals surface area contributed by atoms with E-state index in [-0.39, 0.29) is 0 Å². The molecule has 2 aromatic rings. The molecule has 2 rings (SSSR count). The molecule has 106 valence electrons. The smallest absolute Gasteiger partial charge is 0.162 e. The molecule has 0 unspecified atom stereocenters. The van der Waals surface area contributed by atoms with Gasteiger partial charge in [0.05, 0.1) is 25.6 Å². The van der Waals surface area contributed by atoms with Crippen LogP contribution < -0.4 is 20.5 Å². The number of nitrogens with one attached hydrogen (secondary N) is 1. The van der Waals surface area contributed by atoms with Crippen LogP contribution in [-0.2, 0) is 0 Å². The molecule has 0 fully saturated rings. The number of benzene rings is 2. The molecule has 0 radical (unpaired) electrons. The molecule has 0 saturated heterocycles. The van der Waals surface area contributed by atoms with Gasteiger partial charge in [-0.3, -0.25) is 0 Å². The average molecular weight is 337 g/mol. The van der Waals surface area contributed by atoms with Crippen molar-refractivity contribution in [3.05, 3.63) is 40.4 Å². The zero-order chi connectivity index (χ0) is 14.7. The van der Waals surface area contributed by atoms with Gasteiger partial charge in [0, 0.05) is 22.3 Å². The van der Waals surface area contributed by atoms with Crippen molar-refractivity contribution in [2.45, 2.75) is 6.92 Å². The molecule has 2 aromatic carbocycles. The predicted molar refractivity (Wildman–Crippen MR) is 86.1 cm³/mol. The largest absolute Gasteiger partial charge is 0.493 e. The van der Waals surface area contributed by atoms with Crippen LogP contribution in [-0.4, -0.2) is 14.2 Å². The molecule has 0 atom stereocenters. The number of anilines is 3. The monoisotopic (exact) mass is 336 g/mol. The Morgan fingerprint density at radius 1 is 1.05 bits per heavy atom. The third kappa shape index (κ3) is 2.99. The summed E-state index contributed by atoms with van der Waals surface area (Å²) in [5.41, 5.74) is 9.52. The fourth-order valence-electron chi connectivity index (χ4n) is 1.88. The van der Waals surface area contributed by atoms with Gasteiger partial charge in [0.1, 0.15) is 0 Å². The van der Waals surface area contributed by atoms with Crippen molar-refractivity contribution in [1.82, 2.24) is 0 Å². The van der Waals surface area contributed by atoms with E-state index in [9.17, 15) is 0 Å². The van der Waals surface area contributed by atoms with Gasteiger partial charge in [-0.05, 0) is 30.7 Å². The van der Waals surface area contributed by atoms with E-state index in [2.05, 4.69) is 21.2 Å². The fraction of sp³-hybridized carbons (Fsp3) is 0.200. The van der Waals surface area contributed by atoms with Crippen molar-refractivity contribution >= 4 is 33.0 Å². The molecule has 4 nitrogen and oxygen atoms in total. The second kappa shape index (κ2) is 6.05. The van der Waals surface area contributed by atoms with Crippen LogP contribution >= 0.6 is 15.9 Å². The number of halogens is 1. The highest BCUT2D eigenvalue weighted by Crippen LogP contribution is 2.36. The summed E-state index contributed by atoms with van der Waals surface area (Å²) in [6.07, 6.45) is 0. The Balaban J connectivity index is 2.35. The maximum absolute atomic E-state index is 6.03. The van der Waals surface area contributed by atoms with Gasteiger partial charge in [0.25, 0.3) is 0 Å². The number of nitrogens with two attached hydrogens (primary N) is 1.